The summed E-state index contributed by atoms with van der Waals surface area (Å²) in [5.41, 5.74) is 2.88. The lowest BCUT2D eigenvalue weighted by atomic mass is 10.0. The van der Waals surface area contributed by atoms with Gasteiger partial charge in [0.15, 0.2) is 0 Å². The fraction of sp³-hybridized carbons (Fsp3) is 0.385. The minimum Gasteiger partial charge on any atom is -0.0888 e. The highest BCUT2D eigenvalue weighted by Crippen LogP contribution is 2.09. The second-order valence-corrected chi connectivity index (χ2v) is 3.34. The second kappa shape index (κ2) is 5.58. The van der Waals surface area contributed by atoms with Crippen LogP contribution in [0.4, 0.5) is 0 Å². The molecule has 0 aliphatic carbocycles. The highest BCUT2D eigenvalue weighted by Gasteiger charge is 1.93. The van der Waals surface area contributed by atoms with Crippen molar-refractivity contribution in [1.29, 1.82) is 0 Å². The van der Waals surface area contributed by atoms with Crippen molar-refractivity contribution in [2.24, 2.45) is 0 Å². The topological polar surface area (TPSA) is 0 Å². The molecule has 0 unspecified atom stereocenters. The van der Waals surface area contributed by atoms with Gasteiger partial charge in [-0.3, -0.25) is 0 Å². The molecule has 0 spiro atoms. The van der Waals surface area contributed by atoms with Crippen molar-refractivity contribution >= 4 is 0 Å². The Bertz CT molecular complexity index is 271. The van der Waals surface area contributed by atoms with E-state index < -0.39 is 0 Å². The maximum absolute atomic E-state index is 2.27. The quantitative estimate of drug-likeness (QED) is 0.607. The Kier molecular flexibility index (Phi) is 4.31. The molecule has 0 aromatic heterocycles. The van der Waals surface area contributed by atoms with Crippen LogP contribution in [0.25, 0.3) is 0 Å². The zero-order valence-corrected chi connectivity index (χ0v) is 8.59. The third kappa shape index (κ3) is 3.45. The van der Waals surface area contributed by atoms with E-state index >= 15 is 0 Å². The molecule has 70 valence electrons. The lowest BCUT2D eigenvalue weighted by Crippen LogP contribution is -1.86. The summed E-state index contributed by atoms with van der Waals surface area (Å²) in [4.78, 5) is 0. The van der Waals surface area contributed by atoms with Gasteiger partial charge in [-0.15, -0.1) is 0 Å². The molecule has 0 heteroatoms. The molecule has 13 heavy (non-hydrogen) atoms. The van der Waals surface area contributed by atoms with Crippen LogP contribution in [0.15, 0.2) is 36.4 Å². The monoisotopic (exact) mass is 174 g/mol. The first-order valence-electron chi connectivity index (χ1n) is 5.04. The fourth-order valence-corrected chi connectivity index (χ4v) is 1.41. The highest BCUT2D eigenvalue weighted by atomic mass is 14.0. The number of hydrogen-bond donors (Lipinski definition) is 0. The van der Waals surface area contributed by atoms with Crippen molar-refractivity contribution in [3.63, 3.8) is 0 Å². The van der Waals surface area contributed by atoms with Gasteiger partial charge in [0.2, 0.25) is 0 Å². The molecule has 0 saturated carbocycles. The predicted octanol–water partition coefficient (Wildman–Crippen LogP) is 3.89. The Morgan fingerprint density at radius 3 is 2.62 bits per heavy atom. The smallest absolute Gasteiger partial charge is 0.0242 e. The van der Waals surface area contributed by atoms with E-state index in [-0.39, 0.29) is 0 Å². The van der Waals surface area contributed by atoms with Gasteiger partial charge in [-0.25, -0.2) is 0 Å². The van der Waals surface area contributed by atoms with E-state index in [1.54, 1.807) is 0 Å². The maximum Gasteiger partial charge on any atom is -0.0242 e. The third-order valence-corrected chi connectivity index (χ3v) is 2.24. The van der Waals surface area contributed by atoms with Gasteiger partial charge in [-0.2, -0.15) is 0 Å². The highest BCUT2D eigenvalue weighted by molar-refractivity contribution is 5.25. The largest absolute Gasteiger partial charge is 0.0888 e. The van der Waals surface area contributed by atoms with Crippen LogP contribution in [0.1, 0.15) is 30.9 Å². The molecule has 0 heterocycles. The van der Waals surface area contributed by atoms with Crippen LogP contribution in [0, 0.1) is 6.92 Å². The van der Waals surface area contributed by atoms with Crippen molar-refractivity contribution in [3.8, 4) is 0 Å². The average Bonchev–Trinajstić information content (AvgIpc) is 2.15. The molecule has 0 nitrogen and oxygen atoms in total. The summed E-state index contributed by atoms with van der Waals surface area (Å²) >= 11 is 0. The van der Waals surface area contributed by atoms with E-state index in [4.69, 9.17) is 0 Å². The van der Waals surface area contributed by atoms with Crippen LogP contribution < -0.4 is 0 Å². The molecule has 1 aromatic rings. The van der Waals surface area contributed by atoms with Crippen LogP contribution in [0.5, 0.6) is 0 Å². The molecular formula is C13H18. The molecule has 0 fully saturated rings. The van der Waals surface area contributed by atoms with E-state index in [2.05, 4.69) is 50.3 Å². The molecule has 1 aromatic carbocycles. The Labute approximate surface area is 81.3 Å². The van der Waals surface area contributed by atoms with E-state index in [0.717, 1.165) is 6.42 Å². The molecular weight excluding hydrogens is 156 g/mol. The van der Waals surface area contributed by atoms with Gasteiger partial charge < -0.3 is 0 Å². The Balaban J connectivity index is 2.45. The number of benzene rings is 1. The van der Waals surface area contributed by atoms with Crippen molar-refractivity contribution in [2.45, 2.75) is 33.1 Å². The van der Waals surface area contributed by atoms with Crippen molar-refractivity contribution in [1.82, 2.24) is 0 Å². The van der Waals surface area contributed by atoms with Gasteiger partial charge in [0, 0.05) is 0 Å². The van der Waals surface area contributed by atoms with E-state index in [1.165, 1.54) is 24.0 Å². The molecule has 0 bridgehead atoms. The predicted molar refractivity (Wildman–Crippen MR) is 58.9 cm³/mol. The number of allylic oxidation sites excluding steroid dienone is 2. The first kappa shape index (κ1) is 10.0. The summed E-state index contributed by atoms with van der Waals surface area (Å²) in [5.74, 6) is 0. The summed E-state index contributed by atoms with van der Waals surface area (Å²) in [7, 11) is 0. The van der Waals surface area contributed by atoms with Crippen LogP contribution >= 0.6 is 0 Å². The minimum atomic E-state index is 1.15. The molecule has 0 N–H and O–H groups in total. The zero-order valence-electron chi connectivity index (χ0n) is 8.59. The van der Waals surface area contributed by atoms with Gasteiger partial charge in [-0.05, 0) is 37.3 Å². The summed E-state index contributed by atoms with van der Waals surface area (Å²) in [6.45, 7) is 4.35. The summed E-state index contributed by atoms with van der Waals surface area (Å²) in [5, 5.41) is 0. The van der Waals surface area contributed by atoms with E-state index in [0.29, 0.717) is 0 Å². The maximum atomic E-state index is 2.27. The van der Waals surface area contributed by atoms with Crippen molar-refractivity contribution in [2.75, 3.05) is 0 Å². The van der Waals surface area contributed by atoms with Crippen molar-refractivity contribution < 1.29 is 0 Å². The number of rotatable bonds is 4. The second-order valence-electron chi connectivity index (χ2n) is 3.34. The van der Waals surface area contributed by atoms with Crippen LogP contribution in [-0.2, 0) is 6.42 Å². The molecule has 0 amide bonds. The molecule has 0 radical (unpaired) electrons. The van der Waals surface area contributed by atoms with Crippen LogP contribution in [0.3, 0.4) is 0 Å². The fourth-order valence-electron chi connectivity index (χ4n) is 1.41. The minimum absolute atomic E-state index is 1.15. The van der Waals surface area contributed by atoms with Gasteiger partial charge in [0.05, 0.1) is 0 Å². The first-order chi connectivity index (χ1) is 6.34. The van der Waals surface area contributed by atoms with E-state index in [1.807, 2.05) is 0 Å². The molecule has 1 rings (SSSR count). The molecule has 0 aliphatic rings. The first-order valence-corrected chi connectivity index (χ1v) is 5.04. The van der Waals surface area contributed by atoms with Crippen LogP contribution in [-0.4, -0.2) is 0 Å². The summed E-state index contributed by atoms with van der Waals surface area (Å²) in [6.07, 6.45) is 7.99. The third-order valence-electron chi connectivity index (χ3n) is 2.24. The SMILES string of the molecule is CCC=CCCc1ccccc1C. The van der Waals surface area contributed by atoms with Gasteiger partial charge >= 0.3 is 0 Å². The molecule has 0 saturated heterocycles. The van der Waals surface area contributed by atoms with E-state index in [9.17, 15) is 0 Å². The summed E-state index contributed by atoms with van der Waals surface area (Å²) < 4.78 is 0. The molecule has 0 aliphatic heterocycles. The lowest BCUT2D eigenvalue weighted by Gasteiger charge is -2.02. The van der Waals surface area contributed by atoms with Gasteiger partial charge in [-0.1, -0.05) is 43.3 Å². The average molecular weight is 174 g/mol. The normalized spacial score (nSPS) is 10.9. The van der Waals surface area contributed by atoms with Crippen LogP contribution in [0.2, 0.25) is 0 Å². The zero-order chi connectivity index (χ0) is 9.52. The Morgan fingerprint density at radius 2 is 1.92 bits per heavy atom. The Hall–Kier alpha value is -1.04. The van der Waals surface area contributed by atoms with Crippen molar-refractivity contribution in [3.05, 3.63) is 47.5 Å². The number of hydrogen-bond acceptors (Lipinski definition) is 0. The molecule has 0 atom stereocenters. The standard InChI is InChI=1S/C13H18/c1-3-4-5-6-10-13-11-8-7-9-12(13)2/h4-5,7-9,11H,3,6,10H2,1-2H3. The van der Waals surface area contributed by atoms with Gasteiger partial charge in [0.1, 0.15) is 0 Å². The lowest BCUT2D eigenvalue weighted by molar-refractivity contribution is 0.979. The Morgan fingerprint density at radius 1 is 1.15 bits per heavy atom. The number of aryl methyl sites for hydroxylation is 2. The van der Waals surface area contributed by atoms with Gasteiger partial charge in [0.25, 0.3) is 0 Å². The summed E-state index contributed by atoms with van der Waals surface area (Å²) in [6, 6.07) is 8.61.